The van der Waals surface area contributed by atoms with Gasteiger partial charge in [-0.1, -0.05) is 0 Å². The Morgan fingerprint density at radius 3 is 2.36 bits per heavy atom. The van der Waals surface area contributed by atoms with Gasteiger partial charge in [-0.2, -0.15) is 12.6 Å². The van der Waals surface area contributed by atoms with Gasteiger partial charge in [0.2, 0.25) is 0 Å². The second-order valence-corrected chi connectivity index (χ2v) is 4.58. The lowest BCUT2D eigenvalue weighted by molar-refractivity contribution is -0.108. The number of aliphatic hydroxyl groups is 1. The Kier molecular flexibility index (Phi) is 1.90. The number of rotatable bonds is 1. The van der Waals surface area contributed by atoms with Crippen molar-refractivity contribution in [2.75, 3.05) is 13.1 Å². The van der Waals surface area contributed by atoms with E-state index in [9.17, 15) is 5.11 Å². The Morgan fingerprint density at radius 2 is 2.00 bits per heavy atom. The fraction of sp³-hybridized carbons (Fsp3) is 1.00. The Hall–Kier alpha value is 0.270. The number of aliphatic hydroxyl groups excluding tert-OH is 1. The molecule has 2 saturated heterocycles. The standard InChI is InChI=1S/C8H15NOS/c1-5(11)9-3-6-2-7(4-9)8(6)10/h5-8,10-11H,2-4H2,1H3/t5-,6?,7?,8?/m0/s1. The first-order chi connectivity index (χ1) is 5.18. The van der Waals surface area contributed by atoms with Gasteiger partial charge in [-0.25, -0.2) is 0 Å². The lowest BCUT2D eigenvalue weighted by Crippen LogP contribution is -2.59. The zero-order valence-electron chi connectivity index (χ0n) is 6.77. The third-order valence-electron chi connectivity index (χ3n) is 3.04. The second kappa shape index (κ2) is 2.64. The fourth-order valence-electron chi connectivity index (χ4n) is 2.20. The highest BCUT2D eigenvalue weighted by Gasteiger charge is 2.46. The van der Waals surface area contributed by atoms with Gasteiger partial charge in [0.1, 0.15) is 0 Å². The van der Waals surface area contributed by atoms with Crippen LogP contribution < -0.4 is 0 Å². The summed E-state index contributed by atoms with van der Waals surface area (Å²) in [5.41, 5.74) is 0. The van der Waals surface area contributed by atoms with E-state index in [2.05, 4.69) is 24.5 Å². The van der Waals surface area contributed by atoms with Crippen LogP contribution >= 0.6 is 12.6 Å². The van der Waals surface area contributed by atoms with Gasteiger partial charge in [0.25, 0.3) is 0 Å². The maximum atomic E-state index is 9.48. The van der Waals surface area contributed by atoms with Crippen LogP contribution in [0.25, 0.3) is 0 Å². The monoisotopic (exact) mass is 173 g/mol. The minimum atomic E-state index is -0.00154. The summed E-state index contributed by atoms with van der Waals surface area (Å²) in [6.07, 6.45) is 1.23. The largest absolute Gasteiger partial charge is 0.392 e. The van der Waals surface area contributed by atoms with Crippen molar-refractivity contribution in [2.24, 2.45) is 11.8 Å². The topological polar surface area (TPSA) is 23.5 Å². The highest BCUT2D eigenvalue weighted by molar-refractivity contribution is 7.80. The Balaban J connectivity index is 1.94. The van der Waals surface area contributed by atoms with Crippen molar-refractivity contribution in [1.82, 2.24) is 4.90 Å². The van der Waals surface area contributed by atoms with Crippen molar-refractivity contribution in [1.29, 1.82) is 0 Å². The molecule has 0 spiro atoms. The van der Waals surface area contributed by atoms with Crippen LogP contribution in [0.3, 0.4) is 0 Å². The minimum absolute atomic E-state index is 0.00154. The molecule has 2 nitrogen and oxygen atoms in total. The van der Waals surface area contributed by atoms with Gasteiger partial charge in [-0.15, -0.1) is 0 Å². The molecule has 3 heteroatoms. The Labute approximate surface area is 73.0 Å². The van der Waals surface area contributed by atoms with Crippen molar-refractivity contribution in [2.45, 2.75) is 24.8 Å². The lowest BCUT2D eigenvalue weighted by Gasteiger charge is -2.52. The van der Waals surface area contributed by atoms with E-state index in [1.54, 1.807) is 0 Å². The van der Waals surface area contributed by atoms with E-state index in [0.717, 1.165) is 13.1 Å². The van der Waals surface area contributed by atoms with Gasteiger partial charge in [0.15, 0.2) is 0 Å². The van der Waals surface area contributed by atoms with Gasteiger partial charge in [0.05, 0.1) is 6.10 Å². The van der Waals surface area contributed by atoms with Crippen LogP contribution in [-0.2, 0) is 0 Å². The van der Waals surface area contributed by atoms with Crippen LogP contribution in [0.4, 0.5) is 0 Å². The maximum Gasteiger partial charge on any atom is 0.0621 e. The average molecular weight is 173 g/mol. The molecule has 2 bridgehead atoms. The van der Waals surface area contributed by atoms with Crippen molar-refractivity contribution in [3.63, 3.8) is 0 Å². The SMILES string of the molecule is C[C@H](S)N1CC2CC(C1)C2O. The number of hydrogen-bond acceptors (Lipinski definition) is 3. The van der Waals surface area contributed by atoms with E-state index in [0.29, 0.717) is 17.2 Å². The molecule has 64 valence electrons. The molecule has 11 heavy (non-hydrogen) atoms. The third kappa shape index (κ3) is 1.19. The molecule has 0 aromatic heterocycles. The van der Waals surface area contributed by atoms with Crippen molar-refractivity contribution in [3.8, 4) is 0 Å². The maximum absolute atomic E-state index is 9.48. The van der Waals surface area contributed by atoms with Crippen LogP contribution in [0.15, 0.2) is 0 Å². The summed E-state index contributed by atoms with van der Waals surface area (Å²) < 4.78 is 0. The molecule has 3 atom stereocenters. The summed E-state index contributed by atoms with van der Waals surface area (Å²) in [6, 6.07) is 0. The number of fused-ring (bicyclic) bond motifs is 2. The van der Waals surface area contributed by atoms with Crippen molar-refractivity contribution >= 4 is 12.6 Å². The second-order valence-electron chi connectivity index (χ2n) is 3.83. The van der Waals surface area contributed by atoms with Gasteiger partial charge >= 0.3 is 0 Å². The van der Waals surface area contributed by atoms with Gasteiger partial charge in [-0.3, -0.25) is 4.90 Å². The summed E-state index contributed by atoms with van der Waals surface area (Å²) in [5, 5.41) is 9.83. The smallest absolute Gasteiger partial charge is 0.0621 e. The fourth-order valence-corrected chi connectivity index (χ4v) is 2.39. The van der Waals surface area contributed by atoms with Gasteiger partial charge in [-0.05, 0) is 25.2 Å². The van der Waals surface area contributed by atoms with E-state index in [4.69, 9.17) is 0 Å². The predicted octanol–water partition coefficient (Wildman–Crippen LogP) is 0.575. The first-order valence-electron chi connectivity index (χ1n) is 4.28. The zero-order chi connectivity index (χ0) is 8.01. The highest BCUT2D eigenvalue weighted by atomic mass is 32.1. The molecule has 0 radical (unpaired) electrons. The lowest BCUT2D eigenvalue weighted by atomic mass is 9.68. The molecular formula is C8H15NOS. The first-order valence-corrected chi connectivity index (χ1v) is 4.80. The molecule has 2 heterocycles. The molecule has 3 fully saturated rings. The average Bonchev–Trinajstić information content (AvgIpc) is 2.03. The number of hydrogen-bond donors (Lipinski definition) is 2. The van der Waals surface area contributed by atoms with E-state index < -0.39 is 0 Å². The molecule has 1 saturated carbocycles. The summed E-state index contributed by atoms with van der Waals surface area (Å²) >= 11 is 4.38. The van der Waals surface area contributed by atoms with Crippen molar-refractivity contribution < 1.29 is 5.11 Å². The molecule has 1 aliphatic carbocycles. The van der Waals surface area contributed by atoms with E-state index >= 15 is 0 Å². The van der Waals surface area contributed by atoms with Gasteiger partial charge in [0, 0.05) is 18.5 Å². The van der Waals surface area contributed by atoms with Crippen molar-refractivity contribution in [3.05, 3.63) is 0 Å². The third-order valence-corrected chi connectivity index (χ3v) is 3.36. The summed E-state index contributed by atoms with van der Waals surface area (Å²) in [6.45, 7) is 4.19. The van der Waals surface area contributed by atoms with E-state index in [-0.39, 0.29) is 6.10 Å². The summed E-state index contributed by atoms with van der Waals surface area (Å²) in [7, 11) is 0. The Bertz CT molecular complexity index is 150. The number of thiol groups is 1. The first kappa shape index (κ1) is 7.90. The summed E-state index contributed by atoms with van der Waals surface area (Å²) in [4.78, 5) is 2.34. The number of piperidine rings is 2. The van der Waals surface area contributed by atoms with Crippen LogP contribution in [0.5, 0.6) is 0 Å². The van der Waals surface area contributed by atoms with Crippen LogP contribution in [0.2, 0.25) is 0 Å². The Morgan fingerprint density at radius 1 is 1.45 bits per heavy atom. The molecule has 2 aliphatic heterocycles. The molecular weight excluding hydrogens is 158 g/mol. The molecule has 3 aliphatic rings. The number of nitrogens with zero attached hydrogens (tertiary/aromatic N) is 1. The summed E-state index contributed by atoms with van der Waals surface area (Å²) in [5.74, 6) is 1.09. The molecule has 0 aromatic carbocycles. The molecule has 2 unspecified atom stereocenters. The predicted molar refractivity (Wildman–Crippen MR) is 47.6 cm³/mol. The van der Waals surface area contributed by atoms with Crippen LogP contribution in [-0.4, -0.2) is 34.6 Å². The molecule has 3 rings (SSSR count). The highest BCUT2D eigenvalue weighted by Crippen LogP contribution is 2.40. The van der Waals surface area contributed by atoms with Crippen LogP contribution in [0.1, 0.15) is 13.3 Å². The van der Waals surface area contributed by atoms with Gasteiger partial charge < -0.3 is 5.11 Å². The molecule has 0 amide bonds. The van der Waals surface area contributed by atoms with Crippen LogP contribution in [0, 0.1) is 11.8 Å². The van der Waals surface area contributed by atoms with E-state index in [1.807, 2.05) is 0 Å². The van der Waals surface area contributed by atoms with E-state index in [1.165, 1.54) is 6.42 Å². The molecule has 1 N–H and O–H groups in total. The zero-order valence-corrected chi connectivity index (χ0v) is 7.67. The quantitative estimate of drug-likeness (QED) is 0.566. The normalized spacial score (nSPS) is 46.6. The molecule has 0 aromatic rings. The minimum Gasteiger partial charge on any atom is -0.392 e.